The lowest BCUT2D eigenvalue weighted by atomic mass is 10.0. The molecule has 39 heavy (non-hydrogen) atoms. The molecule has 0 saturated heterocycles. The number of nitrogens with zero attached hydrogens (tertiary/aromatic N) is 6. The third-order valence-corrected chi connectivity index (χ3v) is 9.48. The zero-order valence-electron chi connectivity index (χ0n) is 22.3. The van der Waals surface area contributed by atoms with Crippen LogP contribution in [-0.2, 0) is 41.2 Å². The Balaban J connectivity index is 1.23. The molecule has 3 heterocycles. The first-order valence-electron chi connectivity index (χ1n) is 12.8. The smallest absolute Gasteiger partial charge is 0.230 e. The van der Waals surface area contributed by atoms with E-state index >= 15 is 0 Å². The molecular weight excluding hydrogens is 534 g/mol. The van der Waals surface area contributed by atoms with Gasteiger partial charge in [0, 0.05) is 23.5 Å². The highest BCUT2D eigenvalue weighted by Crippen LogP contribution is 2.43. The third kappa shape index (κ3) is 5.92. The van der Waals surface area contributed by atoms with Gasteiger partial charge in [-0.25, -0.2) is 13.4 Å². The minimum atomic E-state index is -3.26. The van der Waals surface area contributed by atoms with Gasteiger partial charge < -0.3 is 5.32 Å². The van der Waals surface area contributed by atoms with E-state index in [1.165, 1.54) is 26.6 Å². The molecule has 0 unspecified atom stereocenters. The molecule has 0 spiro atoms. The number of nitrogens with one attached hydrogen (secondary N) is 1. The molecule has 2 aromatic heterocycles. The number of anilines is 1. The average Bonchev–Trinajstić information content (AvgIpc) is 3.58. The molecule has 1 amide bonds. The lowest BCUT2D eigenvalue weighted by molar-refractivity contribution is -0.115. The van der Waals surface area contributed by atoms with Crippen molar-refractivity contribution in [2.45, 2.75) is 51.2 Å². The van der Waals surface area contributed by atoms with Crippen molar-refractivity contribution < 1.29 is 13.2 Å². The maximum absolute atomic E-state index is 12.7. The Morgan fingerprint density at radius 1 is 1.10 bits per heavy atom. The van der Waals surface area contributed by atoms with E-state index in [1.807, 2.05) is 12.1 Å². The van der Waals surface area contributed by atoms with Crippen LogP contribution in [0.15, 0.2) is 53.4 Å². The molecule has 0 saturated carbocycles. The number of aryl methyl sites for hydroxylation is 1. The quantitative estimate of drug-likeness (QED) is 0.323. The Hall–Kier alpha value is -3.48. The fraction of sp³-hybridized carbons (Fsp3) is 0.370. The summed E-state index contributed by atoms with van der Waals surface area (Å²) in [4.78, 5) is 22.8. The highest BCUT2D eigenvalue weighted by molar-refractivity contribution is 7.91. The van der Waals surface area contributed by atoms with Crippen LogP contribution < -0.4 is 5.32 Å². The Labute approximate surface area is 232 Å². The zero-order chi connectivity index (χ0) is 27.7. The normalized spacial score (nSPS) is 15.6. The van der Waals surface area contributed by atoms with Crippen molar-refractivity contribution in [2.75, 3.05) is 11.1 Å². The third-order valence-electron chi connectivity index (χ3n) is 6.76. The first-order chi connectivity index (χ1) is 18.6. The number of hydrogen-bond donors (Lipinski definition) is 1. The van der Waals surface area contributed by atoms with Crippen molar-refractivity contribution in [2.24, 2.45) is 13.0 Å². The highest BCUT2D eigenvalue weighted by atomic mass is 32.2. The standard InChI is InChI=1S/C27H31N7O3S2/c1-5-39(36,37)21-12-8-18(9-13-21)14-23(35)28-27-29-24-22(38-27)16-34(25(24)17(2)3)15-19-6-10-20(11-7-19)26-30-32-33(4)31-26/h6-13,17,25H,5,14-16H2,1-4H3,(H,28,29,35)/t25-/m0/s1. The Morgan fingerprint density at radius 2 is 1.79 bits per heavy atom. The number of benzene rings is 2. The van der Waals surface area contributed by atoms with Gasteiger partial charge in [0.25, 0.3) is 0 Å². The highest BCUT2D eigenvalue weighted by Gasteiger charge is 2.36. The van der Waals surface area contributed by atoms with Crippen LogP contribution in [0.3, 0.4) is 0 Å². The van der Waals surface area contributed by atoms with E-state index in [0.717, 1.165) is 29.9 Å². The summed E-state index contributed by atoms with van der Waals surface area (Å²) in [5, 5.41) is 15.8. The van der Waals surface area contributed by atoms with E-state index < -0.39 is 9.84 Å². The first kappa shape index (κ1) is 27.1. The number of hydrogen-bond acceptors (Lipinski definition) is 9. The van der Waals surface area contributed by atoms with E-state index in [1.54, 1.807) is 38.2 Å². The molecule has 4 aromatic rings. The van der Waals surface area contributed by atoms with Gasteiger partial charge in [0.05, 0.1) is 35.9 Å². The van der Waals surface area contributed by atoms with Crippen LogP contribution in [-0.4, -0.2) is 50.2 Å². The predicted octanol–water partition coefficient (Wildman–Crippen LogP) is 4.02. The first-order valence-corrected chi connectivity index (χ1v) is 15.3. The number of amides is 1. The largest absolute Gasteiger partial charge is 0.302 e. The molecule has 204 valence electrons. The molecule has 1 aliphatic rings. The molecule has 0 fully saturated rings. The van der Waals surface area contributed by atoms with Crippen molar-refractivity contribution in [3.8, 4) is 11.4 Å². The van der Waals surface area contributed by atoms with Gasteiger partial charge in [-0.2, -0.15) is 4.80 Å². The number of fused-ring (bicyclic) bond motifs is 1. The lowest BCUT2D eigenvalue weighted by Crippen LogP contribution is -2.26. The molecule has 0 radical (unpaired) electrons. The Kier molecular flexibility index (Phi) is 7.61. The molecule has 0 aliphatic carbocycles. The fourth-order valence-electron chi connectivity index (χ4n) is 4.83. The second-order valence-electron chi connectivity index (χ2n) is 9.99. The monoisotopic (exact) mass is 565 g/mol. The van der Waals surface area contributed by atoms with Gasteiger partial charge in [0.15, 0.2) is 15.0 Å². The van der Waals surface area contributed by atoms with Crippen LogP contribution >= 0.6 is 11.3 Å². The topological polar surface area (TPSA) is 123 Å². The number of sulfone groups is 1. The molecule has 2 aromatic carbocycles. The summed E-state index contributed by atoms with van der Waals surface area (Å²) in [5.74, 6) is 0.819. The van der Waals surface area contributed by atoms with E-state index in [9.17, 15) is 13.2 Å². The van der Waals surface area contributed by atoms with E-state index in [2.05, 4.69) is 51.6 Å². The lowest BCUT2D eigenvalue weighted by Gasteiger charge is -2.27. The second kappa shape index (κ2) is 10.9. The van der Waals surface area contributed by atoms with E-state index in [-0.39, 0.29) is 29.0 Å². The van der Waals surface area contributed by atoms with Crippen molar-refractivity contribution in [3.05, 3.63) is 70.2 Å². The van der Waals surface area contributed by atoms with Crippen LogP contribution in [0.4, 0.5) is 5.13 Å². The minimum Gasteiger partial charge on any atom is -0.302 e. The van der Waals surface area contributed by atoms with Gasteiger partial charge in [-0.15, -0.1) is 21.5 Å². The molecular formula is C27H31N7O3S2. The van der Waals surface area contributed by atoms with Crippen LogP contribution in [0.5, 0.6) is 0 Å². The molecule has 12 heteroatoms. The maximum Gasteiger partial charge on any atom is 0.230 e. The SMILES string of the molecule is CCS(=O)(=O)c1ccc(CC(=O)Nc2nc3c(s2)CN(Cc2ccc(-c4nnn(C)n4)cc2)[C@H]3C(C)C)cc1. The van der Waals surface area contributed by atoms with Gasteiger partial charge in [-0.1, -0.05) is 57.2 Å². The van der Waals surface area contributed by atoms with Crippen molar-refractivity contribution >= 4 is 32.2 Å². The van der Waals surface area contributed by atoms with Crippen molar-refractivity contribution in [1.82, 2.24) is 30.1 Å². The zero-order valence-corrected chi connectivity index (χ0v) is 24.0. The van der Waals surface area contributed by atoms with Crippen molar-refractivity contribution in [3.63, 3.8) is 0 Å². The van der Waals surface area contributed by atoms with Gasteiger partial charge in [-0.3, -0.25) is 9.69 Å². The van der Waals surface area contributed by atoms with Crippen molar-refractivity contribution in [1.29, 1.82) is 0 Å². The van der Waals surface area contributed by atoms with Crippen LogP contribution in [0, 0.1) is 5.92 Å². The molecule has 0 bridgehead atoms. The van der Waals surface area contributed by atoms with Crippen LogP contribution in [0.2, 0.25) is 0 Å². The summed E-state index contributed by atoms with van der Waals surface area (Å²) < 4.78 is 24.0. The predicted molar refractivity (Wildman–Crippen MR) is 150 cm³/mol. The van der Waals surface area contributed by atoms with E-state index in [0.29, 0.717) is 16.9 Å². The fourth-order valence-corrected chi connectivity index (χ4v) is 6.76. The average molecular weight is 566 g/mol. The maximum atomic E-state index is 12.7. The molecule has 1 atom stereocenters. The molecule has 10 nitrogen and oxygen atoms in total. The van der Waals surface area contributed by atoms with Gasteiger partial charge in [0.1, 0.15) is 0 Å². The number of rotatable bonds is 9. The summed E-state index contributed by atoms with van der Waals surface area (Å²) in [6.07, 6.45) is 0.149. The van der Waals surface area contributed by atoms with Gasteiger partial charge in [0.2, 0.25) is 11.7 Å². The second-order valence-corrected chi connectivity index (χ2v) is 13.4. The van der Waals surface area contributed by atoms with Gasteiger partial charge in [-0.05, 0) is 34.4 Å². The Morgan fingerprint density at radius 3 is 2.41 bits per heavy atom. The number of aromatic nitrogens is 5. The summed E-state index contributed by atoms with van der Waals surface area (Å²) >= 11 is 1.52. The Bertz CT molecular complexity index is 1580. The number of thiazole rings is 1. The van der Waals surface area contributed by atoms with E-state index in [4.69, 9.17) is 4.98 Å². The van der Waals surface area contributed by atoms with Crippen LogP contribution in [0.25, 0.3) is 11.4 Å². The molecule has 1 aliphatic heterocycles. The molecule has 5 rings (SSSR count). The van der Waals surface area contributed by atoms with Gasteiger partial charge >= 0.3 is 0 Å². The number of tetrazole rings is 1. The summed E-state index contributed by atoms with van der Waals surface area (Å²) in [6.45, 7) is 7.55. The molecule has 1 N–H and O–H groups in total. The number of carbonyl (C=O) groups excluding carboxylic acids is 1. The minimum absolute atomic E-state index is 0.0459. The summed E-state index contributed by atoms with van der Waals surface area (Å²) in [7, 11) is -1.52. The summed E-state index contributed by atoms with van der Waals surface area (Å²) in [6, 6.07) is 14.9. The van der Waals surface area contributed by atoms with Crippen LogP contribution in [0.1, 0.15) is 48.5 Å². The number of carbonyl (C=O) groups is 1. The summed E-state index contributed by atoms with van der Waals surface area (Å²) in [5.41, 5.74) is 3.89.